The minimum atomic E-state index is -4.02. The number of hydrogen-bond donors (Lipinski definition) is 0. The number of hydrogen-bond acceptors (Lipinski definition) is 5. The average Bonchev–Trinajstić information content (AvgIpc) is 2.62. The largest absolute Gasteiger partial charge is 0.426 e. The van der Waals surface area contributed by atoms with Gasteiger partial charge in [0.25, 0.3) is 0 Å². The van der Waals surface area contributed by atoms with Crippen molar-refractivity contribution in [3.63, 3.8) is 0 Å². The van der Waals surface area contributed by atoms with E-state index >= 15 is 0 Å². The Morgan fingerprint density at radius 3 is 1.38 bits per heavy atom. The molecule has 0 rings (SSSR count). The molecule has 0 amide bonds. The van der Waals surface area contributed by atoms with Crippen LogP contribution >= 0.6 is 0 Å². The quantitative estimate of drug-likeness (QED) is 0.127. The second kappa shape index (κ2) is 19.6. The minimum Gasteiger partial charge on any atom is -0.246 e. The first kappa shape index (κ1) is 25.8. The van der Waals surface area contributed by atoms with E-state index in [1.54, 1.807) is 0 Å². The van der Waals surface area contributed by atoms with Crippen LogP contribution in [-0.2, 0) is 23.8 Å². The van der Waals surface area contributed by atoms with Gasteiger partial charge in [0.05, 0.1) is 13.2 Å². The van der Waals surface area contributed by atoms with E-state index in [0.29, 0.717) is 0 Å². The summed E-state index contributed by atoms with van der Waals surface area (Å²) in [6.45, 7) is 4.87. The Kier molecular flexibility index (Phi) is 19.5. The molecule has 0 aromatic heterocycles. The standard InChI is InChI=1S/C20H42O5S/c1-3-5-7-9-11-13-15-17-19-23-25-26(21,22)24-20-18-16-14-12-10-8-6-4-2/h3-20H2,1-2H3. The van der Waals surface area contributed by atoms with Crippen molar-refractivity contribution in [3.8, 4) is 0 Å². The lowest BCUT2D eigenvalue weighted by Gasteiger charge is -2.06. The summed E-state index contributed by atoms with van der Waals surface area (Å²) >= 11 is 0. The fraction of sp³-hybridized carbons (Fsp3) is 1.00. The molecule has 0 N–H and O–H groups in total. The van der Waals surface area contributed by atoms with Crippen LogP contribution in [0.15, 0.2) is 0 Å². The van der Waals surface area contributed by atoms with Crippen LogP contribution in [0.2, 0.25) is 0 Å². The van der Waals surface area contributed by atoms with Crippen LogP contribution < -0.4 is 0 Å². The van der Waals surface area contributed by atoms with Crippen LogP contribution in [0.25, 0.3) is 0 Å². The lowest BCUT2D eigenvalue weighted by atomic mass is 10.1. The summed E-state index contributed by atoms with van der Waals surface area (Å²) in [5.41, 5.74) is 0. The molecule has 0 saturated carbocycles. The maximum absolute atomic E-state index is 11.5. The van der Waals surface area contributed by atoms with E-state index in [-0.39, 0.29) is 13.2 Å². The van der Waals surface area contributed by atoms with Gasteiger partial charge in [0.15, 0.2) is 0 Å². The van der Waals surface area contributed by atoms with Gasteiger partial charge >= 0.3 is 10.4 Å². The van der Waals surface area contributed by atoms with Gasteiger partial charge < -0.3 is 0 Å². The molecule has 0 unspecified atom stereocenters. The molecule has 0 saturated heterocycles. The Hall–Kier alpha value is -0.170. The molecule has 5 nitrogen and oxygen atoms in total. The second-order valence-corrected chi connectivity index (χ2v) is 8.26. The Morgan fingerprint density at radius 1 is 0.538 bits per heavy atom. The van der Waals surface area contributed by atoms with Crippen LogP contribution in [0.5, 0.6) is 0 Å². The van der Waals surface area contributed by atoms with Crippen LogP contribution in [0.3, 0.4) is 0 Å². The molecular weight excluding hydrogens is 352 g/mol. The lowest BCUT2D eigenvalue weighted by Crippen LogP contribution is -2.12. The van der Waals surface area contributed by atoms with E-state index in [1.807, 2.05) is 0 Å². The molecule has 0 aliphatic rings. The zero-order valence-electron chi connectivity index (χ0n) is 17.2. The first-order valence-electron chi connectivity index (χ1n) is 10.8. The third kappa shape index (κ3) is 20.1. The van der Waals surface area contributed by atoms with Gasteiger partial charge in [-0.15, -0.1) is 0 Å². The van der Waals surface area contributed by atoms with Crippen LogP contribution in [0, 0.1) is 0 Å². The van der Waals surface area contributed by atoms with Crippen molar-refractivity contribution >= 4 is 10.4 Å². The van der Waals surface area contributed by atoms with Gasteiger partial charge in [0, 0.05) is 0 Å². The van der Waals surface area contributed by atoms with Crippen molar-refractivity contribution < 1.29 is 21.8 Å². The highest BCUT2D eigenvalue weighted by atomic mass is 32.3. The molecule has 0 bridgehead atoms. The summed E-state index contributed by atoms with van der Waals surface area (Å²) in [5, 5.41) is 0. The Balaban J connectivity index is 3.34. The highest BCUT2D eigenvalue weighted by molar-refractivity contribution is 7.81. The van der Waals surface area contributed by atoms with E-state index in [4.69, 9.17) is 9.07 Å². The highest BCUT2D eigenvalue weighted by Crippen LogP contribution is 2.10. The predicted octanol–water partition coefficient (Wildman–Crippen LogP) is 6.48. The summed E-state index contributed by atoms with van der Waals surface area (Å²) < 4.78 is 32.2. The SMILES string of the molecule is CCCCCCCCCCOOS(=O)(=O)OCCCCCCCCCC. The van der Waals surface area contributed by atoms with Crippen molar-refractivity contribution in [2.24, 2.45) is 0 Å². The average molecular weight is 395 g/mol. The Labute approximate surface area is 162 Å². The van der Waals surface area contributed by atoms with Gasteiger partial charge in [-0.3, -0.25) is 0 Å². The summed E-state index contributed by atoms with van der Waals surface area (Å²) in [7, 11) is -4.02. The van der Waals surface area contributed by atoms with Crippen molar-refractivity contribution in [2.45, 2.75) is 117 Å². The lowest BCUT2D eigenvalue weighted by molar-refractivity contribution is -0.210. The normalized spacial score (nSPS) is 11.9. The van der Waals surface area contributed by atoms with Gasteiger partial charge in [0.1, 0.15) is 0 Å². The summed E-state index contributed by atoms with van der Waals surface area (Å²) in [6, 6.07) is 0. The summed E-state index contributed by atoms with van der Waals surface area (Å²) in [6.07, 6.45) is 18.6. The molecular formula is C20H42O5S. The zero-order valence-corrected chi connectivity index (χ0v) is 18.0. The molecule has 0 radical (unpaired) electrons. The van der Waals surface area contributed by atoms with E-state index in [9.17, 15) is 8.42 Å². The van der Waals surface area contributed by atoms with E-state index in [1.165, 1.54) is 64.2 Å². The van der Waals surface area contributed by atoms with Gasteiger partial charge in [-0.25, -0.2) is 9.07 Å². The molecule has 0 fully saturated rings. The summed E-state index contributed by atoms with van der Waals surface area (Å²) in [4.78, 5) is 4.76. The fourth-order valence-corrected chi connectivity index (χ4v) is 3.35. The van der Waals surface area contributed by atoms with Crippen molar-refractivity contribution in [2.75, 3.05) is 13.2 Å². The molecule has 0 heterocycles. The van der Waals surface area contributed by atoms with Crippen LogP contribution in [0.4, 0.5) is 0 Å². The first-order chi connectivity index (χ1) is 12.6. The zero-order chi connectivity index (χ0) is 19.3. The van der Waals surface area contributed by atoms with Crippen molar-refractivity contribution in [1.29, 1.82) is 0 Å². The smallest absolute Gasteiger partial charge is 0.246 e. The molecule has 26 heavy (non-hydrogen) atoms. The van der Waals surface area contributed by atoms with E-state index in [0.717, 1.165) is 38.5 Å². The summed E-state index contributed by atoms with van der Waals surface area (Å²) in [5.74, 6) is 0. The third-order valence-corrected chi connectivity index (χ3v) is 5.16. The van der Waals surface area contributed by atoms with Gasteiger partial charge in [0.2, 0.25) is 0 Å². The van der Waals surface area contributed by atoms with Gasteiger partial charge in [-0.2, -0.15) is 8.42 Å². The fourth-order valence-electron chi connectivity index (χ4n) is 2.80. The second-order valence-electron chi connectivity index (χ2n) is 7.07. The van der Waals surface area contributed by atoms with E-state index in [2.05, 4.69) is 18.2 Å². The van der Waals surface area contributed by atoms with Crippen molar-refractivity contribution in [3.05, 3.63) is 0 Å². The molecule has 158 valence electrons. The third-order valence-electron chi connectivity index (χ3n) is 4.44. The maximum atomic E-state index is 11.5. The molecule has 0 aromatic rings. The van der Waals surface area contributed by atoms with Crippen LogP contribution in [-0.4, -0.2) is 21.6 Å². The van der Waals surface area contributed by atoms with Crippen LogP contribution in [0.1, 0.15) is 117 Å². The minimum absolute atomic E-state index is 0.165. The van der Waals surface area contributed by atoms with E-state index < -0.39 is 10.4 Å². The Morgan fingerprint density at radius 2 is 0.923 bits per heavy atom. The monoisotopic (exact) mass is 394 g/mol. The molecule has 0 aromatic carbocycles. The maximum Gasteiger partial charge on any atom is 0.426 e. The predicted molar refractivity (Wildman–Crippen MR) is 107 cm³/mol. The molecule has 0 atom stereocenters. The molecule has 0 spiro atoms. The van der Waals surface area contributed by atoms with Gasteiger partial charge in [-0.1, -0.05) is 108 Å². The molecule has 6 heteroatoms. The molecule has 0 aliphatic heterocycles. The Bertz CT molecular complexity index is 370. The molecule has 0 aliphatic carbocycles. The number of rotatable bonds is 21. The number of unbranched alkanes of at least 4 members (excludes halogenated alkanes) is 14. The first-order valence-corrected chi connectivity index (χ1v) is 12.2. The highest BCUT2D eigenvalue weighted by Gasteiger charge is 2.12. The van der Waals surface area contributed by atoms with Crippen molar-refractivity contribution in [1.82, 2.24) is 0 Å². The van der Waals surface area contributed by atoms with Gasteiger partial charge in [-0.05, 0) is 12.8 Å². The topological polar surface area (TPSA) is 61.8 Å².